The van der Waals surface area contributed by atoms with Crippen LogP contribution in [0.15, 0.2) is 23.1 Å². The molecule has 0 aliphatic rings. The Morgan fingerprint density at radius 3 is 2.18 bits per heavy atom. The Bertz CT molecular complexity index is 489. The van der Waals surface area contributed by atoms with Crippen LogP contribution in [-0.4, -0.2) is 25.7 Å². The van der Waals surface area contributed by atoms with Crippen LogP contribution in [0.5, 0.6) is 0 Å². The largest absolute Gasteiger partial charge is 0.389 e. The molecule has 0 radical (unpaired) electrons. The Hall–Kier alpha value is -1.05. The third kappa shape index (κ3) is 3.72. The molecule has 0 amide bonds. The van der Waals surface area contributed by atoms with Gasteiger partial charge in [-0.1, -0.05) is 6.07 Å². The molecule has 0 atom stereocenters. The minimum Gasteiger partial charge on any atom is -0.389 e. The van der Waals surface area contributed by atoms with Crippen molar-refractivity contribution in [3.8, 4) is 0 Å². The summed E-state index contributed by atoms with van der Waals surface area (Å²) in [7, 11) is -4.31. The van der Waals surface area contributed by atoms with Gasteiger partial charge < -0.3 is 5.11 Å². The van der Waals surface area contributed by atoms with Crippen LogP contribution in [0.3, 0.4) is 0 Å². The predicted octanol–water partition coefficient (Wildman–Crippen LogP) is 1.01. The van der Waals surface area contributed by atoms with E-state index in [0.29, 0.717) is 0 Å². The zero-order valence-corrected chi connectivity index (χ0v) is 10.2. The summed E-state index contributed by atoms with van der Waals surface area (Å²) in [6.45, 7) is 2.39. The number of aliphatic hydroxyl groups is 1. The minimum atomic E-state index is -4.31. The fourth-order valence-corrected chi connectivity index (χ4v) is 2.42. The summed E-state index contributed by atoms with van der Waals surface area (Å²) >= 11 is 0. The highest BCUT2D eigenvalue weighted by atomic mass is 32.2. The van der Waals surface area contributed by atoms with Crippen LogP contribution < -0.4 is 4.72 Å². The first-order valence-corrected chi connectivity index (χ1v) is 6.28. The van der Waals surface area contributed by atoms with Gasteiger partial charge >= 0.3 is 0 Å². The van der Waals surface area contributed by atoms with Gasteiger partial charge in [-0.05, 0) is 26.0 Å². The maximum absolute atomic E-state index is 13.2. The Morgan fingerprint density at radius 2 is 1.76 bits per heavy atom. The highest BCUT2D eigenvalue weighted by Gasteiger charge is 2.25. The molecule has 2 N–H and O–H groups in total. The fourth-order valence-electron chi connectivity index (χ4n) is 1.08. The molecule has 7 heteroatoms. The second-order valence-corrected chi connectivity index (χ2v) is 5.89. The van der Waals surface area contributed by atoms with Crippen LogP contribution in [0.25, 0.3) is 0 Å². The van der Waals surface area contributed by atoms with Gasteiger partial charge in [-0.15, -0.1) is 0 Å². The van der Waals surface area contributed by atoms with Crippen molar-refractivity contribution in [1.82, 2.24) is 4.72 Å². The maximum atomic E-state index is 13.2. The summed E-state index contributed by atoms with van der Waals surface area (Å²) in [6.07, 6.45) is 0. The Kier molecular flexibility index (Phi) is 3.85. The molecular formula is C10H13F2NO3S. The maximum Gasteiger partial charge on any atom is 0.246 e. The second-order valence-electron chi connectivity index (χ2n) is 4.19. The summed E-state index contributed by atoms with van der Waals surface area (Å²) in [5, 5.41) is 9.35. The van der Waals surface area contributed by atoms with Crippen LogP contribution in [0.2, 0.25) is 0 Å². The van der Waals surface area contributed by atoms with Gasteiger partial charge in [-0.25, -0.2) is 21.9 Å². The highest BCUT2D eigenvalue weighted by Crippen LogP contribution is 2.18. The number of sulfonamides is 1. The lowest BCUT2D eigenvalue weighted by Gasteiger charge is -2.18. The van der Waals surface area contributed by atoms with Crippen molar-refractivity contribution in [3.63, 3.8) is 0 Å². The van der Waals surface area contributed by atoms with Crippen molar-refractivity contribution in [1.29, 1.82) is 0 Å². The molecule has 4 nitrogen and oxygen atoms in total. The molecule has 0 saturated heterocycles. The van der Waals surface area contributed by atoms with Crippen LogP contribution in [0.4, 0.5) is 8.78 Å². The number of benzene rings is 1. The van der Waals surface area contributed by atoms with Gasteiger partial charge in [0.2, 0.25) is 10.0 Å². The SMILES string of the molecule is CC(C)(O)CNS(=O)(=O)c1c(F)cccc1F. The number of halogens is 2. The number of rotatable bonds is 4. The van der Waals surface area contributed by atoms with Crippen LogP contribution >= 0.6 is 0 Å². The van der Waals surface area contributed by atoms with E-state index in [2.05, 4.69) is 0 Å². The normalized spacial score (nSPS) is 12.8. The van der Waals surface area contributed by atoms with E-state index >= 15 is 0 Å². The highest BCUT2D eigenvalue weighted by molar-refractivity contribution is 7.89. The first-order valence-electron chi connectivity index (χ1n) is 4.79. The Morgan fingerprint density at radius 1 is 1.29 bits per heavy atom. The molecule has 17 heavy (non-hydrogen) atoms. The van der Waals surface area contributed by atoms with Gasteiger partial charge in [0, 0.05) is 6.54 Å². The molecule has 0 aliphatic carbocycles. The van der Waals surface area contributed by atoms with Crippen molar-refractivity contribution in [2.45, 2.75) is 24.3 Å². The van der Waals surface area contributed by atoms with E-state index in [1.54, 1.807) is 0 Å². The zero-order chi connectivity index (χ0) is 13.3. The average molecular weight is 265 g/mol. The molecule has 0 heterocycles. The second kappa shape index (κ2) is 4.67. The molecule has 0 saturated carbocycles. The molecule has 0 aromatic heterocycles. The van der Waals surface area contributed by atoms with E-state index < -0.39 is 32.2 Å². The fraction of sp³-hybridized carbons (Fsp3) is 0.400. The summed E-state index contributed by atoms with van der Waals surface area (Å²) in [4.78, 5) is -1.04. The third-order valence-corrected chi connectivity index (χ3v) is 3.33. The van der Waals surface area contributed by atoms with E-state index in [0.717, 1.165) is 18.2 Å². The minimum absolute atomic E-state index is 0.344. The van der Waals surface area contributed by atoms with Gasteiger partial charge in [-0.3, -0.25) is 0 Å². The number of nitrogens with one attached hydrogen (secondary N) is 1. The summed E-state index contributed by atoms with van der Waals surface area (Å²) < 4.78 is 51.7. The molecule has 1 aromatic rings. The van der Waals surface area contributed by atoms with Gasteiger partial charge in [-0.2, -0.15) is 0 Å². The van der Waals surface area contributed by atoms with Crippen molar-refractivity contribution in [2.24, 2.45) is 0 Å². The van der Waals surface area contributed by atoms with E-state index in [9.17, 15) is 22.3 Å². The molecule has 0 unspecified atom stereocenters. The van der Waals surface area contributed by atoms with Crippen LogP contribution in [-0.2, 0) is 10.0 Å². The molecule has 1 aromatic carbocycles. The molecule has 96 valence electrons. The smallest absolute Gasteiger partial charge is 0.246 e. The molecule has 0 fully saturated rings. The average Bonchev–Trinajstić information content (AvgIpc) is 2.13. The number of hydrogen-bond acceptors (Lipinski definition) is 3. The van der Waals surface area contributed by atoms with E-state index in [1.165, 1.54) is 13.8 Å². The predicted molar refractivity (Wildman–Crippen MR) is 57.8 cm³/mol. The lowest BCUT2D eigenvalue weighted by molar-refractivity contribution is 0.0856. The van der Waals surface area contributed by atoms with Gasteiger partial charge in [0.25, 0.3) is 0 Å². The van der Waals surface area contributed by atoms with Crippen molar-refractivity contribution in [2.75, 3.05) is 6.54 Å². The van der Waals surface area contributed by atoms with Gasteiger partial charge in [0.15, 0.2) is 4.90 Å². The van der Waals surface area contributed by atoms with Crippen molar-refractivity contribution in [3.05, 3.63) is 29.8 Å². The monoisotopic (exact) mass is 265 g/mol. The Labute approximate surface area is 98.3 Å². The molecule has 1 rings (SSSR count). The summed E-state index contributed by atoms with van der Waals surface area (Å²) in [5.74, 6) is -2.35. The molecule has 0 bridgehead atoms. The molecule has 0 aliphatic heterocycles. The topological polar surface area (TPSA) is 66.4 Å². The molecule has 0 spiro atoms. The first kappa shape index (κ1) is 14.0. The first-order chi connectivity index (χ1) is 7.63. The molecular weight excluding hydrogens is 252 g/mol. The third-order valence-electron chi connectivity index (χ3n) is 1.88. The van der Waals surface area contributed by atoms with Crippen molar-refractivity contribution < 1.29 is 22.3 Å². The van der Waals surface area contributed by atoms with E-state index in [-0.39, 0.29) is 6.54 Å². The quantitative estimate of drug-likeness (QED) is 0.854. The number of hydrogen-bond donors (Lipinski definition) is 2. The van der Waals surface area contributed by atoms with Crippen LogP contribution in [0.1, 0.15) is 13.8 Å². The van der Waals surface area contributed by atoms with Gasteiger partial charge in [0.1, 0.15) is 11.6 Å². The van der Waals surface area contributed by atoms with Crippen molar-refractivity contribution >= 4 is 10.0 Å². The van der Waals surface area contributed by atoms with E-state index in [4.69, 9.17) is 0 Å². The standard InChI is InChI=1S/C10H13F2NO3S/c1-10(2,14)6-13-17(15,16)9-7(11)4-3-5-8(9)12/h3-5,13-14H,6H2,1-2H3. The van der Waals surface area contributed by atoms with Crippen LogP contribution in [0, 0.1) is 11.6 Å². The zero-order valence-electron chi connectivity index (χ0n) is 9.37. The summed E-state index contributed by atoms with van der Waals surface area (Å²) in [5.41, 5.74) is -1.31. The lowest BCUT2D eigenvalue weighted by Crippen LogP contribution is -2.38. The summed E-state index contributed by atoms with van der Waals surface area (Å²) in [6, 6.07) is 2.77. The lowest BCUT2D eigenvalue weighted by atomic mass is 10.1. The van der Waals surface area contributed by atoms with E-state index in [1.807, 2.05) is 4.72 Å². The van der Waals surface area contributed by atoms with Gasteiger partial charge in [0.05, 0.1) is 5.60 Å². The Balaban J connectivity index is 3.06.